The molecule has 3 nitrogen and oxygen atoms in total. The predicted octanol–water partition coefficient (Wildman–Crippen LogP) is 2.71. The highest BCUT2D eigenvalue weighted by Gasteiger charge is 2.25. The van der Waals surface area contributed by atoms with E-state index in [9.17, 15) is 0 Å². The summed E-state index contributed by atoms with van der Waals surface area (Å²) in [5.74, 6) is 0.945. The number of nitrogens with zero attached hydrogens (tertiary/aromatic N) is 1. The summed E-state index contributed by atoms with van der Waals surface area (Å²) in [4.78, 5) is 2.33. The molecule has 2 N–H and O–H groups in total. The lowest BCUT2D eigenvalue weighted by atomic mass is 9.90. The molecule has 0 bridgehead atoms. The van der Waals surface area contributed by atoms with Gasteiger partial charge in [-0.05, 0) is 43.5 Å². The van der Waals surface area contributed by atoms with Gasteiger partial charge in [0.25, 0.3) is 0 Å². The Kier molecular flexibility index (Phi) is 4.12. The lowest BCUT2D eigenvalue weighted by molar-refractivity contribution is 0.373. The van der Waals surface area contributed by atoms with Crippen LogP contribution in [-0.2, 0) is 0 Å². The highest BCUT2D eigenvalue weighted by atomic mass is 16.5. The molecule has 0 aliphatic heterocycles. The Hall–Kier alpha value is -1.22. The minimum absolute atomic E-state index is 0.297. The first-order valence-corrected chi connectivity index (χ1v) is 6.76. The van der Waals surface area contributed by atoms with Crippen LogP contribution in [0.4, 0.5) is 5.69 Å². The lowest BCUT2D eigenvalue weighted by Gasteiger charge is -2.37. The van der Waals surface area contributed by atoms with E-state index in [4.69, 9.17) is 10.5 Å². The Balaban J connectivity index is 2.17. The maximum absolute atomic E-state index is 6.25. The molecule has 3 heteroatoms. The van der Waals surface area contributed by atoms with E-state index >= 15 is 0 Å². The van der Waals surface area contributed by atoms with E-state index in [1.54, 1.807) is 7.11 Å². The average molecular weight is 248 g/mol. The van der Waals surface area contributed by atoms with Crippen molar-refractivity contribution in [1.82, 2.24) is 0 Å². The molecular weight excluding hydrogens is 224 g/mol. The van der Waals surface area contributed by atoms with Crippen LogP contribution in [0.3, 0.4) is 0 Å². The van der Waals surface area contributed by atoms with Crippen molar-refractivity contribution in [2.75, 3.05) is 19.1 Å². The molecule has 18 heavy (non-hydrogen) atoms. The second-order valence-electron chi connectivity index (χ2n) is 5.28. The van der Waals surface area contributed by atoms with Crippen LogP contribution in [0.1, 0.15) is 31.2 Å². The fraction of sp³-hybridized carbons (Fsp3) is 0.600. The maximum atomic E-state index is 6.25. The molecule has 2 atom stereocenters. The highest BCUT2D eigenvalue weighted by Crippen LogP contribution is 2.28. The molecule has 0 amide bonds. The fourth-order valence-electron chi connectivity index (χ4n) is 2.89. The Morgan fingerprint density at radius 1 is 1.28 bits per heavy atom. The van der Waals surface area contributed by atoms with Crippen LogP contribution >= 0.6 is 0 Å². The summed E-state index contributed by atoms with van der Waals surface area (Å²) >= 11 is 0. The smallest absolute Gasteiger partial charge is 0.121 e. The van der Waals surface area contributed by atoms with E-state index in [0.717, 1.165) is 12.2 Å². The predicted molar refractivity (Wildman–Crippen MR) is 76.4 cm³/mol. The Morgan fingerprint density at radius 3 is 2.61 bits per heavy atom. The minimum Gasteiger partial charge on any atom is -0.496 e. The van der Waals surface area contributed by atoms with Crippen molar-refractivity contribution in [3.63, 3.8) is 0 Å². The minimum atomic E-state index is 0.297. The maximum Gasteiger partial charge on any atom is 0.121 e. The van der Waals surface area contributed by atoms with Crippen LogP contribution in [-0.4, -0.2) is 26.2 Å². The third kappa shape index (κ3) is 2.61. The van der Waals surface area contributed by atoms with Crippen molar-refractivity contribution in [2.24, 2.45) is 5.73 Å². The zero-order valence-corrected chi connectivity index (χ0v) is 11.6. The molecule has 1 aromatic carbocycles. The summed E-state index contributed by atoms with van der Waals surface area (Å²) in [5.41, 5.74) is 8.65. The highest BCUT2D eigenvalue weighted by molar-refractivity contribution is 5.53. The van der Waals surface area contributed by atoms with E-state index in [1.165, 1.54) is 30.5 Å². The molecular formula is C15H24N2O. The van der Waals surface area contributed by atoms with E-state index in [1.807, 2.05) is 6.07 Å². The second-order valence-corrected chi connectivity index (χ2v) is 5.28. The van der Waals surface area contributed by atoms with Gasteiger partial charge >= 0.3 is 0 Å². The van der Waals surface area contributed by atoms with Gasteiger partial charge in [-0.25, -0.2) is 0 Å². The average Bonchev–Trinajstić information content (AvgIpc) is 2.38. The zero-order chi connectivity index (χ0) is 13.1. The quantitative estimate of drug-likeness (QED) is 0.894. The van der Waals surface area contributed by atoms with Gasteiger partial charge in [0.2, 0.25) is 0 Å². The standard InChI is InChI=1S/C15H24N2O/c1-11-10-12(8-9-15(11)18-3)17(2)14-7-5-4-6-13(14)16/h8-10,13-14H,4-7,16H2,1-3H3. The van der Waals surface area contributed by atoms with Gasteiger partial charge < -0.3 is 15.4 Å². The normalized spacial score (nSPS) is 23.8. The van der Waals surface area contributed by atoms with Crippen LogP contribution < -0.4 is 15.4 Å². The lowest BCUT2D eigenvalue weighted by Crippen LogP contribution is -2.48. The second kappa shape index (κ2) is 5.61. The number of benzene rings is 1. The van der Waals surface area contributed by atoms with Crippen LogP contribution in [0.5, 0.6) is 5.75 Å². The topological polar surface area (TPSA) is 38.5 Å². The zero-order valence-electron chi connectivity index (χ0n) is 11.6. The number of nitrogens with two attached hydrogens (primary N) is 1. The molecule has 1 aromatic rings. The van der Waals surface area contributed by atoms with Crippen molar-refractivity contribution in [3.8, 4) is 5.75 Å². The van der Waals surface area contributed by atoms with Gasteiger partial charge in [-0.3, -0.25) is 0 Å². The largest absolute Gasteiger partial charge is 0.496 e. The Morgan fingerprint density at radius 2 is 2.00 bits per heavy atom. The first-order valence-electron chi connectivity index (χ1n) is 6.76. The number of methoxy groups -OCH3 is 1. The van der Waals surface area contributed by atoms with Gasteiger partial charge in [0, 0.05) is 24.8 Å². The first kappa shape index (κ1) is 13.2. The Labute approximate surface area is 110 Å². The van der Waals surface area contributed by atoms with Gasteiger partial charge in [0.15, 0.2) is 0 Å². The fourth-order valence-corrected chi connectivity index (χ4v) is 2.89. The number of rotatable bonds is 3. The van der Waals surface area contributed by atoms with Crippen LogP contribution in [0, 0.1) is 6.92 Å². The third-order valence-electron chi connectivity index (χ3n) is 4.06. The summed E-state index contributed by atoms with van der Waals surface area (Å²) in [6.45, 7) is 2.08. The summed E-state index contributed by atoms with van der Waals surface area (Å²) in [7, 11) is 3.86. The van der Waals surface area contributed by atoms with Gasteiger partial charge in [-0.15, -0.1) is 0 Å². The third-order valence-corrected chi connectivity index (χ3v) is 4.06. The molecule has 2 rings (SSSR count). The van der Waals surface area contributed by atoms with E-state index in [0.29, 0.717) is 12.1 Å². The van der Waals surface area contributed by atoms with Crippen molar-refractivity contribution in [3.05, 3.63) is 23.8 Å². The summed E-state index contributed by atoms with van der Waals surface area (Å²) < 4.78 is 5.30. The number of hydrogen-bond acceptors (Lipinski definition) is 3. The van der Waals surface area contributed by atoms with Gasteiger partial charge in [-0.1, -0.05) is 12.8 Å². The van der Waals surface area contributed by atoms with Crippen molar-refractivity contribution in [2.45, 2.75) is 44.7 Å². The molecule has 0 radical (unpaired) electrons. The molecule has 1 fully saturated rings. The molecule has 0 spiro atoms. The SMILES string of the molecule is COc1ccc(N(C)C2CCCCC2N)cc1C. The number of aryl methyl sites for hydroxylation is 1. The van der Waals surface area contributed by atoms with Crippen LogP contribution in [0.2, 0.25) is 0 Å². The summed E-state index contributed by atoms with van der Waals surface area (Å²) in [5, 5.41) is 0. The molecule has 1 aliphatic rings. The van der Waals surface area contributed by atoms with Gasteiger partial charge in [0.1, 0.15) is 5.75 Å². The summed E-state index contributed by atoms with van der Waals surface area (Å²) in [6.07, 6.45) is 4.90. The number of likely N-dealkylation sites (N-methyl/N-ethyl adjacent to an activating group) is 1. The molecule has 100 valence electrons. The molecule has 2 unspecified atom stereocenters. The first-order chi connectivity index (χ1) is 8.63. The van der Waals surface area contributed by atoms with Crippen molar-refractivity contribution >= 4 is 5.69 Å². The number of ether oxygens (including phenoxy) is 1. The van der Waals surface area contributed by atoms with Gasteiger partial charge in [0.05, 0.1) is 7.11 Å². The van der Waals surface area contributed by atoms with Gasteiger partial charge in [-0.2, -0.15) is 0 Å². The van der Waals surface area contributed by atoms with Crippen LogP contribution in [0.25, 0.3) is 0 Å². The molecule has 1 aliphatic carbocycles. The Bertz CT molecular complexity index is 405. The van der Waals surface area contributed by atoms with Crippen LogP contribution in [0.15, 0.2) is 18.2 Å². The number of anilines is 1. The van der Waals surface area contributed by atoms with E-state index in [2.05, 4.69) is 31.0 Å². The van der Waals surface area contributed by atoms with E-state index < -0.39 is 0 Å². The summed E-state index contributed by atoms with van der Waals surface area (Å²) in [6, 6.07) is 7.10. The van der Waals surface area contributed by atoms with E-state index in [-0.39, 0.29) is 0 Å². The van der Waals surface area contributed by atoms with Crippen molar-refractivity contribution in [1.29, 1.82) is 0 Å². The van der Waals surface area contributed by atoms with Crippen molar-refractivity contribution < 1.29 is 4.74 Å². The molecule has 0 heterocycles. The molecule has 0 saturated heterocycles. The monoisotopic (exact) mass is 248 g/mol. The molecule has 0 aromatic heterocycles. The molecule has 1 saturated carbocycles. The number of hydrogen-bond donors (Lipinski definition) is 1.